The van der Waals surface area contributed by atoms with E-state index < -0.39 is 10.0 Å². The van der Waals surface area contributed by atoms with Crippen molar-refractivity contribution in [2.24, 2.45) is 0 Å². The van der Waals surface area contributed by atoms with Crippen LogP contribution in [0.3, 0.4) is 0 Å². The van der Waals surface area contributed by atoms with Crippen LogP contribution < -0.4 is 10.2 Å². The molecule has 0 bridgehead atoms. The summed E-state index contributed by atoms with van der Waals surface area (Å²) in [5.41, 5.74) is 2.74. The molecule has 0 unspecified atom stereocenters. The zero-order chi connectivity index (χ0) is 17.4. The third kappa shape index (κ3) is 2.81. The summed E-state index contributed by atoms with van der Waals surface area (Å²) in [4.78, 5) is 2.56. The van der Waals surface area contributed by atoms with E-state index in [1.165, 1.54) is 3.97 Å². The predicted molar refractivity (Wildman–Crippen MR) is 101 cm³/mol. The lowest BCUT2D eigenvalue weighted by Gasteiger charge is -2.28. The van der Waals surface area contributed by atoms with E-state index in [0.717, 1.165) is 48.3 Å². The predicted octanol–water partition coefficient (Wildman–Crippen LogP) is 2.60. The smallest absolute Gasteiger partial charge is 0.268 e. The van der Waals surface area contributed by atoms with Crippen molar-refractivity contribution in [3.63, 3.8) is 0 Å². The summed E-state index contributed by atoms with van der Waals surface area (Å²) in [6, 6.07) is 14.7. The van der Waals surface area contributed by atoms with Gasteiger partial charge in [-0.2, -0.15) is 0 Å². The average Bonchev–Trinajstić information content (AvgIpc) is 3.03. The molecule has 2 heterocycles. The summed E-state index contributed by atoms with van der Waals surface area (Å²) >= 11 is 0. The van der Waals surface area contributed by atoms with Gasteiger partial charge in [-0.05, 0) is 25.1 Å². The summed E-state index contributed by atoms with van der Waals surface area (Å²) in [6.07, 6.45) is 1.77. The zero-order valence-electron chi connectivity index (χ0n) is 14.1. The van der Waals surface area contributed by atoms with Crippen LogP contribution >= 0.6 is 0 Å². The number of rotatable bonds is 3. The molecule has 25 heavy (non-hydrogen) atoms. The first-order valence-corrected chi connectivity index (χ1v) is 9.89. The number of para-hydroxylation sites is 1. The van der Waals surface area contributed by atoms with Gasteiger partial charge in [0.1, 0.15) is 0 Å². The minimum atomic E-state index is -3.63. The molecule has 2 aromatic carbocycles. The van der Waals surface area contributed by atoms with Gasteiger partial charge in [0, 0.05) is 37.8 Å². The van der Waals surface area contributed by atoms with Crippen molar-refractivity contribution >= 4 is 26.6 Å². The highest BCUT2D eigenvalue weighted by molar-refractivity contribution is 7.90. The standard InChI is InChI=1S/C19H21N3O2S/c1-15-6-8-16(9-7-15)25(23,24)22-14-19(21-12-10-20-11-13-21)17-4-2-3-5-18(17)22/h2-9,14,20H,10-13H2,1H3. The Kier molecular flexibility index (Phi) is 4.01. The van der Waals surface area contributed by atoms with Crippen molar-refractivity contribution in [3.05, 3.63) is 60.3 Å². The van der Waals surface area contributed by atoms with E-state index in [0.29, 0.717) is 4.90 Å². The van der Waals surface area contributed by atoms with Gasteiger partial charge in [0.25, 0.3) is 10.0 Å². The van der Waals surface area contributed by atoms with E-state index in [2.05, 4.69) is 10.2 Å². The molecule has 4 rings (SSSR count). The fourth-order valence-electron chi connectivity index (χ4n) is 3.31. The Hall–Kier alpha value is -2.31. The highest BCUT2D eigenvalue weighted by atomic mass is 32.2. The third-order valence-electron chi connectivity index (χ3n) is 4.69. The van der Waals surface area contributed by atoms with Crippen LogP contribution in [0.2, 0.25) is 0 Å². The SMILES string of the molecule is Cc1ccc(S(=O)(=O)n2cc(N3CCNCC3)c3ccccc32)cc1. The summed E-state index contributed by atoms with van der Waals surface area (Å²) in [7, 11) is -3.63. The van der Waals surface area contributed by atoms with E-state index in [9.17, 15) is 8.42 Å². The van der Waals surface area contributed by atoms with Crippen molar-refractivity contribution in [3.8, 4) is 0 Å². The van der Waals surface area contributed by atoms with Crippen molar-refractivity contribution in [2.45, 2.75) is 11.8 Å². The van der Waals surface area contributed by atoms with Crippen LogP contribution in [0.5, 0.6) is 0 Å². The van der Waals surface area contributed by atoms with Gasteiger partial charge >= 0.3 is 0 Å². The van der Waals surface area contributed by atoms with Crippen LogP contribution in [-0.2, 0) is 10.0 Å². The molecule has 0 saturated carbocycles. The molecule has 0 radical (unpaired) electrons. The molecule has 1 fully saturated rings. The van der Waals surface area contributed by atoms with Crippen LogP contribution in [0.4, 0.5) is 5.69 Å². The number of anilines is 1. The van der Waals surface area contributed by atoms with Gasteiger partial charge in [-0.1, -0.05) is 35.9 Å². The first-order valence-electron chi connectivity index (χ1n) is 8.45. The van der Waals surface area contributed by atoms with Gasteiger partial charge in [-0.3, -0.25) is 0 Å². The van der Waals surface area contributed by atoms with Gasteiger partial charge in [0.15, 0.2) is 0 Å². The molecule has 1 aliphatic rings. The Morgan fingerprint density at radius 2 is 1.64 bits per heavy atom. The lowest BCUT2D eigenvalue weighted by molar-refractivity contribution is 0.586. The van der Waals surface area contributed by atoms with Gasteiger partial charge in [-0.25, -0.2) is 12.4 Å². The molecule has 130 valence electrons. The third-order valence-corrected chi connectivity index (χ3v) is 6.38. The first kappa shape index (κ1) is 16.2. The number of hydrogen-bond acceptors (Lipinski definition) is 4. The van der Waals surface area contributed by atoms with Crippen molar-refractivity contribution in [1.82, 2.24) is 9.29 Å². The number of benzene rings is 2. The van der Waals surface area contributed by atoms with Crippen LogP contribution in [0.15, 0.2) is 59.6 Å². The second-order valence-corrected chi connectivity index (χ2v) is 8.20. The lowest BCUT2D eigenvalue weighted by Crippen LogP contribution is -2.43. The highest BCUT2D eigenvalue weighted by Crippen LogP contribution is 2.32. The first-order chi connectivity index (χ1) is 12.1. The molecule has 0 amide bonds. The molecule has 1 aromatic heterocycles. The molecule has 1 saturated heterocycles. The van der Waals surface area contributed by atoms with E-state index in [4.69, 9.17) is 0 Å². The molecular weight excluding hydrogens is 334 g/mol. The van der Waals surface area contributed by atoms with Crippen molar-refractivity contribution in [1.29, 1.82) is 0 Å². The number of piperazine rings is 1. The maximum atomic E-state index is 13.2. The molecule has 0 aliphatic carbocycles. The van der Waals surface area contributed by atoms with Crippen molar-refractivity contribution in [2.75, 3.05) is 31.1 Å². The summed E-state index contributed by atoms with van der Waals surface area (Å²) in [6.45, 7) is 5.51. The Labute approximate surface area is 147 Å². The van der Waals surface area contributed by atoms with Crippen LogP contribution in [0.25, 0.3) is 10.9 Å². The Morgan fingerprint density at radius 1 is 0.960 bits per heavy atom. The Morgan fingerprint density at radius 3 is 2.36 bits per heavy atom. The number of aromatic nitrogens is 1. The Bertz CT molecular complexity index is 1000. The molecule has 3 aromatic rings. The number of nitrogens with one attached hydrogen (secondary N) is 1. The molecule has 6 heteroatoms. The largest absolute Gasteiger partial charge is 0.367 e. The average molecular weight is 355 g/mol. The van der Waals surface area contributed by atoms with Gasteiger partial charge < -0.3 is 10.2 Å². The highest BCUT2D eigenvalue weighted by Gasteiger charge is 2.23. The quantitative estimate of drug-likeness (QED) is 0.785. The zero-order valence-corrected chi connectivity index (χ0v) is 15.0. The lowest BCUT2D eigenvalue weighted by atomic mass is 10.2. The van der Waals surface area contributed by atoms with E-state index >= 15 is 0 Å². The van der Waals surface area contributed by atoms with E-state index in [1.807, 2.05) is 43.3 Å². The van der Waals surface area contributed by atoms with Gasteiger partial charge in [-0.15, -0.1) is 0 Å². The fraction of sp³-hybridized carbons (Fsp3) is 0.263. The van der Waals surface area contributed by atoms with Crippen LogP contribution in [-0.4, -0.2) is 38.6 Å². The molecule has 5 nitrogen and oxygen atoms in total. The van der Waals surface area contributed by atoms with E-state index in [1.54, 1.807) is 18.3 Å². The van der Waals surface area contributed by atoms with E-state index in [-0.39, 0.29) is 0 Å². The number of hydrogen-bond donors (Lipinski definition) is 1. The Balaban J connectivity index is 1.88. The van der Waals surface area contributed by atoms with Gasteiger partial charge in [0.2, 0.25) is 0 Å². The maximum Gasteiger partial charge on any atom is 0.268 e. The second-order valence-electron chi connectivity index (χ2n) is 6.38. The molecule has 0 atom stereocenters. The van der Waals surface area contributed by atoms with Crippen molar-refractivity contribution < 1.29 is 8.42 Å². The van der Waals surface area contributed by atoms with Gasteiger partial charge in [0.05, 0.1) is 16.1 Å². The number of nitrogens with zero attached hydrogens (tertiary/aromatic N) is 2. The summed E-state index contributed by atoms with van der Waals surface area (Å²) in [5, 5.41) is 4.31. The topological polar surface area (TPSA) is 54.3 Å². The molecule has 1 N–H and O–H groups in total. The second kappa shape index (κ2) is 6.20. The minimum absolute atomic E-state index is 0.311. The monoisotopic (exact) mass is 355 g/mol. The molecule has 0 spiro atoms. The molecule has 1 aliphatic heterocycles. The summed E-state index contributed by atoms with van der Waals surface area (Å²) in [5.74, 6) is 0. The number of aryl methyl sites for hydroxylation is 1. The number of fused-ring (bicyclic) bond motifs is 1. The van der Waals surface area contributed by atoms with Crippen LogP contribution in [0.1, 0.15) is 5.56 Å². The summed E-state index contributed by atoms with van der Waals surface area (Å²) < 4.78 is 27.8. The molecular formula is C19H21N3O2S. The normalized spacial score (nSPS) is 15.6. The fourth-order valence-corrected chi connectivity index (χ4v) is 4.68. The maximum absolute atomic E-state index is 13.2. The minimum Gasteiger partial charge on any atom is -0.367 e. The van der Waals surface area contributed by atoms with Crippen LogP contribution in [0, 0.1) is 6.92 Å².